The van der Waals surface area contributed by atoms with Crippen LogP contribution in [0.2, 0.25) is 0 Å². The third-order valence-corrected chi connectivity index (χ3v) is 3.53. The number of nitrogens with zero attached hydrogens (tertiary/aromatic N) is 2. The molecule has 0 unspecified atom stereocenters. The van der Waals surface area contributed by atoms with Crippen LogP contribution in [0.1, 0.15) is 18.1 Å². The fraction of sp³-hybridized carbons (Fsp3) is 0.222. The van der Waals surface area contributed by atoms with E-state index in [1.165, 1.54) is 0 Å². The molecular weight excluding hydrogens is 260 g/mol. The number of Topliss-reactive ketones (excluding diaryl/α,β-unsaturated/α-hetero) is 1. The number of carbonyl (C=O) groups excluding carboxylic acids is 1. The van der Waals surface area contributed by atoms with Crippen molar-refractivity contribution in [3.8, 4) is 0 Å². The normalized spacial score (nSPS) is 10.2. The Balaban J connectivity index is 2.22. The summed E-state index contributed by atoms with van der Waals surface area (Å²) in [5.41, 5.74) is 11.2. The number of hydrogen-bond acceptors (Lipinski definition) is 1. The van der Waals surface area contributed by atoms with Crippen LogP contribution in [0.3, 0.4) is 0 Å². The van der Waals surface area contributed by atoms with Gasteiger partial charge in [0, 0.05) is 12.8 Å². The van der Waals surface area contributed by atoms with E-state index in [1.54, 1.807) is 6.92 Å². The minimum Gasteiger partial charge on any atom is -0.361 e. The lowest BCUT2D eigenvalue weighted by Gasteiger charge is -2.13. The summed E-state index contributed by atoms with van der Waals surface area (Å²) in [5.74, 6) is -0.323. The van der Waals surface area contributed by atoms with Gasteiger partial charge in [-0.15, -0.1) is 0 Å². The first-order valence-electron chi connectivity index (χ1n) is 7.01. The van der Waals surface area contributed by atoms with Gasteiger partial charge in [-0.2, -0.15) is 4.79 Å². The van der Waals surface area contributed by atoms with Gasteiger partial charge in [0.05, 0.1) is 0 Å². The molecular formula is C18H18N2O. The van der Waals surface area contributed by atoms with E-state index in [-0.39, 0.29) is 17.4 Å². The second-order valence-corrected chi connectivity index (χ2v) is 5.13. The van der Waals surface area contributed by atoms with Crippen molar-refractivity contribution in [2.24, 2.45) is 5.92 Å². The zero-order valence-electron chi connectivity index (χ0n) is 12.1. The van der Waals surface area contributed by atoms with E-state index in [0.29, 0.717) is 12.8 Å². The number of hydrogen-bond donors (Lipinski definition) is 0. The number of benzene rings is 2. The summed E-state index contributed by atoms with van der Waals surface area (Å²) >= 11 is 0. The van der Waals surface area contributed by atoms with Crippen LogP contribution < -0.4 is 0 Å². The Morgan fingerprint density at radius 2 is 1.38 bits per heavy atom. The number of rotatable bonds is 6. The van der Waals surface area contributed by atoms with Crippen LogP contribution in [0.25, 0.3) is 5.53 Å². The van der Waals surface area contributed by atoms with E-state index in [9.17, 15) is 4.79 Å². The Morgan fingerprint density at radius 3 is 1.76 bits per heavy atom. The molecule has 0 bridgehead atoms. The van der Waals surface area contributed by atoms with Crippen molar-refractivity contribution >= 4 is 11.5 Å². The zero-order chi connectivity index (χ0) is 15.1. The Bertz CT molecular complexity index is 602. The molecule has 106 valence electrons. The number of carbonyl (C=O) groups is 1. The van der Waals surface area contributed by atoms with Gasteiger partial charge in [-0.3, -0.25) is 4.79 Å². The lowest BCUT2D eigenvalue weighted by Crippen LogP contribution is -2.26. The van der Waals surface area contributed by atoms with Crippen molar-refractivity contribution in [2.45, 2.75) is 19.8 Å². The van der Waals surface area contributed by atoms with Gasteiger partial charge in [0.2, 0.25) is 5.78 Å². The molecule has 0 saturated heterocycles. The van der Waals surface area contributed by atoms with Gasteiger partial charge >= 0.3 is 5.71 Å². The summed E-state index contributed by atoms with van der Waals surface area (Å²) in [5, 5.41) is 0. The first kappa shape index (κ1) is 14.9. The molecule has 0 saturated carbocycles. The van der Waals surface area contributed by atoms with Gasteiger partial charge in [-0.1, -0.05) is 60.7 Å². The zero-order valence-corrected chi connectivity index (χ0v) is 12.1. The summed E-state index contributed by atoms with van der Waals surface area (Å²) in [7, 11) is 0. The Hall–Kier alpha value is -2.51. The van der Waals surface area contributed by atoms with E-state index in [4.69, 9.17) is 5.53 Å². The van der Waals surface area contributed by atoms with E-state index in [1.807, 2.05) is 60.7 Å². The maximum Gasteiger partial charge on any atom is 0.331 e. The minimum absolute atomic E-state index is 0.106. The van der Waals surface area contributed by atoms with Gasteiger partial charge in [0.25, 0.3) is 0 Å². The van der Waals surface area contributed by atoms with E-state index >= 15 is 0 Å². The molecule has 0 fully saturated rings. The SMILES string of the molecule is CC(=[N+]=[N-])C(=O)C(Cc1ccccc1)Cc1ccccc1. The third-order valence-electron chi connectivity index (χ3n) is 3.53. The highest BCUT2D eigenvalue weighted by molar-refractivity contribution is 6.37. The van der Waals surface area contributed by atoms with Gasteiger partial charge in [0.1, 0.15) is 0 Å². The second-order valence-electron chi connectivity index (χ2n) is 5.13. The first-order chi connectivity index (χ1) is 10.2. The van der Waals surface area contributed by atoms with E-state index in [0.717, 1.165) is 11.1 Å². The summed E-state index contributed by atoms with van der Waals surface area (Å²) in [6.45, 7) is 1.55. The fourth-order valence-electron chi connectivity index (χ4n) is 2.40. The van der Waals surface area contributed by atoms with Crippen molar-refractivity contribution in [1.82, 2.24) is 0 Å². The van der Waals surface area contributed by atoms with Crippen molar-refractivity contribution in [3.63, 3.8) is 0 Å². The molecule has 2 aromatic rings. The summed E-state index contributed by atoms with van der Waals surface area (Å²) in [4.78, 5) is 15.5. The van der Waals surface area contributed by atoms with Gasteiger partial charge < -0.3 is 5.53 Å². The van der Waals surface area contributed by atoms with Crippen molar-refractivity contribution in [2.75, 3.05) is 0 Å². The number of ketones is 1. The molecule has 0 N–H and O–H groups in total. The van der Waals surface area contributed by atoms with E-state index in [2.05, 4.69) is 4.79 Å². The topological polar surface area (TPSA) is 53.5 Å². The highest BCUT2D eigenvalue weighted by atomic mass is 16.1. The molecule has 0 aromatic heterocycles. The van der Waals surface area contributed by atoms with Crippen LogP contribution in [0.5, 0.6) is 0 Å². The Kier molecular flexibility index (Phi) is 5.19. The van der Waals surface area contributed by atoms with Gasteiger partial charge in [0.15, 0.2) is 0 Å². The van der Waals surface area contributed by atoms with Crippen LogP contribution in [-0.4, -0.2) is 16.3 Å². The molecule has 3 heteroatoms. The van der Waals surface area contributed by atoms with Crippen LogP contribution in [-0.2, 0) is 17.6 Å². The first-order valence-corrected chi connectivity index (χ1v) is 7.01. The third kappa shape index (κ3) is 4.23. The van der Waals surface area contributed by atoms with Gasteiger partial charge in [-0.25, -0.2) is 0 Å². The largest absolute Gasteiger partial charge is 0.361 e. The maximum atomic E-state index is 12.4. The molecule has 0 atom stereocenters. The minimum atomic E-state index is -0.217. The molecule has 0 heterocycles. The second kappa shape index (κ2) is 7.32. The van der Waals surface area contributed by atoms with Crippen LogP contribution in [0.15, 0.2) is 60.7 Å². The lowest BCUT2D eigenvalue weighted by atomic mass is 9.87. The average molecular weight is 278 g/mol. The lowest BCUT2D eigenvalue weighted by molar-refractivity contribution is -0.120. The monoisotopic (exact) mass is 278 g/mol. The molecule has 0 aliphatic heterocycles. The molecule has 0 radical (unpaired) electrons. The predicted molar refractivity (Wildman–Crippen MR) is 83.1 cm³/mol. The molecule has 2 aromatic carbocycles. The van der Waals surface area contributed by atoms with Gasteiger partial charge in [-0.05, 0) is 24.0 Å². The summed E-state index contributed by atoms with van der Waals surface area (Å²) < 4.78 is 0. The molecule has 0 aliphatic carbocycles. The average Bonchev–Trinajstić information content (AvgIpc) is 2.54. The maximum absolute atomic E-state index is 12.4. The van der Waals surface area contributed by atoms with Crippen LogP contribution >= 0.6 is 0 Å². The highest BCUT2D eigenvalue weighted by Gasteiger charge is 2.26. The predicted octanol–water partition coefficient (Wildman–Crippen LogP) is 3.35. The quantitative estimate of drug-likeness (QED) is 0.454. The van der Waals surface area contributed by atoms with Crippen LogP contribution in [0.4, 0.5) is 0 Å². The standard InChI is InChI=1S/C18H18N2O/c1-14(20-19)18(21)17(12-15-8-4-2-5-9-15)13-16-10-6-3-7-11-16/h2-11,17H,12-13H2,1H3. The van der Waals surface area contributed by atoms with E-state index < -0.39 is 0 Å². The van der Waals surface area contributed by atoms with Crippen molar-refractivity contribution in [1.29, 1.82) is 0 Å². The molecule has 2 rings (SSSR count). The van der Waals surface area contributed by atoms with Crippen molar-refractivity contribution < 1.29 is 9.58 Å². The van der Waals surface area contributed by atoms with Crippen LogP contribution in [0, 0.1) is 5.92 Å². The summed E-state index contributed by atoms with van der Waals surface area (Å²) in [6.07, 6.45) is 1.28. The molecule has 0 aliphatic rings. The van der Waals surface area contributed by atoms with Crippen molar-refractivity contribution in [3.05, 3.63) is 77.3 Å². The Labute approximate surface area is 124 Å². The molecule has 3 nitrogen and oxygen atoms in total. The fourth-order valence-corrected chi connectivity index (χ4v) is 2.40. The smallest absolute Gasteiger partial charge is 0.331 e. The molecule has 0 spiro atoms. The summed E-state index contributed by atoms with van der Waals surface area (Å²) in [6, 6.07) is 19.8. The Morgan fingerprint density at radius 1 is 0.952 bits per heavy atom. The highest BCUT2D eigenvalue weighted by Crippen LogP contribution is 2.16. The molecule has 21 heavy (non-hydrogen) atoms. The molecule has 0 amide bonds.